The Morgan fingerprint density at radius 3 is 2.43 bits per heavy atom. The number of benzene rings is 3. The highest BCUT2D eigenvalue weighted by molar-refractivity contribution is 6.07. The van der Waals surface area contributed by atoms with Crippen LogP contribution in [0.3, 0.4) is 0 Å². The van der Waals surface area contributed by atoms with Crippen LogP contribution in [0.2, 0.25) is 0 Å². The monoisotopic (exact) mass is 462 g/mol. The second-order valence-electron chi connectivity index (χ2n) is 7.64. The van der Waals surface area contributed by atoms with Crippen LogP contribution in [0.25, 0.3) is 33.5 Å². The van der Waals surface area contributed by atoms with Gasteiger partial charge >= 0.3 is 0 Å². The number of fused-ring (bicyclic) bond motifs is 1. The number of amides is 1. The van der Waals surface area contributed by atoms with Gasteiger partial charge in [-0.1, -0.05) is 48.5 Å². The molecule has 1 amide bonds. The van der Waals surface area contributed by atoms with Gasteiger partial charge in [-0.25, -0.2) is 10.4 Å². The second kappa shape index (κ2) is 9.40. The zero-order chi connectivity index (χ0) is 24.2. The average molecular weight is 462 g/mol. The maximum Gasteiger partial charge on any atom is 0.272 e. The molecule has 0 radical (unpaired) electrons. The maximum atomic E-state index is 13.0. The summed E-state index contributed by atoms with van der Waals surface area (Å²) in [7, 11) is 0. The number of para-hydroxylation sites is 1. The summed E-state index contributed by atoms with van der Waals surface area (Å²) in [5, 5.41) is 15.6. The Morgan fingerprint density at radius 1 is 0.914 bits per heavy atom. The lowest BCUT2D eigenvalue weighted by Crippen LogP contribution is -2.18. The normalized spacial score (nSPS) is 11.1. The first-order chi connectivity index (χ1) is 17.1. The van der Waals surface area contributed by atoms with Crippen LogP contribution >= 0.6 is 0 Å². The van der Waals surface area contributed by atoms with Crippen molar-refractivity contribution >= 4 is 28.7 Å². The number of furan rings is 1. The molecular formula is C27H18N4O4. The Hall–Kier alpha value is -5.11. The molecule has 0 bridgehead atoms. The van der Waals surface area contributed by atoms with E-state index < -0.39 is 4.92 Å². The first-order valence-corrected chi connectivity index (χ1v) is 10.7. The molecule has 0 aliphatic rings. The topological polar surface area (TPSA) is 111 Å². The molecule has 5 rings (SSSR count). The van der Waals surface area contributed by atoms with Crippen LogP contribution < -0.4 is 5.43 Å². The molecule has 0 fully saturated rings. The van der Waals surface area contributed by atoms with Crippen molar-refractivity contribution in [1.29, 1.82) is 0 Å². The smallest absolute Gasteiger partial charge is 0.272 e. The van der Waals surface area contributed by atoms with Crippen molar-refractivity contribution in [2.75, 3.05) is 0 Å². The number of nitro groups is 1. The third-order valence-electron chi connectivity index (χ3n) is 5.38. The Kier molecular flexibility index (Phi) is 5.83. The number of nitrogens with zero attached hydrogens (tertiary/aromatic N) is 3. The van der Waals surface area contributed by atoms with Crippen LogP contribution in [0, 0.1) is 10.1 Å². The van der Waals surface area contributed by atoms with E-state index in [9.17, 15) is 14.9 Å². The molecule has 0 spiro atoms. The molecule has 5 aromatic rings. The molecule has 0 saturated carbocycles. The van der Waals surface area contributed by atoms with Gasteiger partial charge in [0.25, 0.3) is 11.6 Å². The summed E-state index contributed by atoms with van der Waals surface area (Å²) in [4.78, 5) is 28.1. The van der Waals surface area contributed by atoms with Gasteiger partial charge in [0.05, 0.1) is 27.9 Å². The molecule has 0 saturated heterocycles. The fraction of sp³-hybridized carbons (Fsp3) is 0. The minimum Gasteiger partial charge on any atom is -0.455 e. The molecule has 2 heterocycles. The van der Waals surface area contributed by atoms with E-state index >= 15 is 0 Å². The van der Waals surface area contributed by atoms with E-state index in [0.29, 0.717) is 33.9 Å². The Balaban J connectivity index is 1.36. The maximum absolute atomic E-state index is 13.0. The van der Waals surface area contributed by atoms with Crippen molar-refractivity contribution in [3.8, 4) is 22.6 Å². The highest BCUT2D eigenvalue weighted by Gasteiger charge is 2.14. The van der Waals surface area contributed by atoms with Crippen molar-refractivity contribution in [1.82, 2.24) is 10.4 Å². The van der Waals surface area contributed by atoms with Crippen molar-refractivity contribution < 1.29 is 14.1 Å². The molecule has 1 N–H and O–H groups in total. The van der Waals surface area contributed by atoms with Crippen LogP contribution in [-0.2, 0) is 0 Å². The van der Waals surface area contributed by atoms with Crippen LogP contribution in [0.5, 0.6) is 0 Å². The molecule has 170 valence electrons. The van der Waals surface area contributed by atoms with Crippen molar-refractivity contribution in [3.05, 3.63) is 118 Å². The van der Waals surface area contributed by atoms with Gasteiger partial charge in [-0.15, -0.1) is 0 Å². The lowest BCUT2D eigenvalue weighted by molar-refractivity contribution is -0.384. The van der Waals surface area contributed by atoms with Crippen LogP contribution in [0.15, 0.2) is 107 Å². The first-order valence-electron chi connectivity index (χ1n) is 10.7. The molecule has 0 aliphatic heterocycles. The zero-order valence-electron chi connectivity index (χ0n) is 18.3. The standard InChI is InChI=1S/C27H18N4O4/c32-27(23-16-25(18-6-2-1-3-7-18)29-24-9-5-4-8-22(23)24)30-28-17-21-14-15-26(35-21)19-10-12-20(13-11-19)31(33)34/h1-17H,(H,30,32)/b28-17-. The minimum absolute atomic E-state index is 0.00358. The second-order valence-corrected chi connectivity index (χ2v) is 7.64. The van der Waals surface area contributed by atoms with E-state index in [0.717, 1.165) is 10.9 Å². The number of non-ortho nitro benzene ring substituents is 1. The third-order valence-corrected chi connectivity index (χ3v) is 5.38. The van der Waals surface area contributed by atoms with E-state index in [1.54, 1.807) is 30.3 Å². The summed E-state index contributed by atoms with van der Waals surface area (Å²) in [5.74, 6) is 0.572. The Labute approximate surface area is 199 Å². The molecule has 35 heavy (non-hydrogen) atoms. The van der Waals surface area contributed by atoms with Crippen molar-refractivity contribution in [2.45, 2.75) is 0 Å². The number of nitrogens with one attached hydrogen (secondary N) is 1. The summed E-state index contributed by atoms with van der Waals surface area (Å²) in [6.45, 7) is 0. The molecule has 3 aromatic carbocycles. The third kappa shape index (κ3) is 4.67. The SMILES string of the molecule is O=C(N/N=C\c1ccc(-c2ccc([N+](=O)[O-])cc2)o1)c1cc(-c2ccccc2)nc2ccccc12. The van der Waals surface area contributed by atoms with Gasteiger partial charge in [0.15, 0.2) is 0 Å². The van der Waals surface area contributed by atoms with E-state index in [4.69, 9.17) is 9.40 Å². The lowest BCUT2D eigenvalue weighted by Gasteiger charge is -2.09. The molecule has 2 aromatic heterocycles. The van der Waals surface area contributed by atoms with Crippen LogP contribution in [0.4, 0.5) is 5.69 Å². The Morgan fingerprint density at radius 2 is 1.66 bits per heavy atom. The highest BCUT2D eigenvalue weighted by Crippen LogP contribution is 2.25. The highest BCUT2D eigenvalue weighted by atomic mass is 16.6. The number of hydrazone groups is 1. The number of aromatic nitrogens is 1. The average Bonchev–Trinajstić information content (AvgIpc) is 3.37. The minimum atomic E-state index is -0.457. The number of carbonyl (C=O) groups excluding carboxylic acids is 1. The summed E-state index contributed by atoms with van der Waals surface area (Å²) >= 11 is 0. The van der Waals surface area contributed by atoms with E-state index in [-0.39, 0.29) is 11.6 Å². The lowest BCUT2D eigenvalue weighted by atomic mass is 10.0. The fourth-order valence-electron chi connectivity index (χ4n) is 3.66. The number of hydrogen-bond acceptors (Lipinski definition) is 6. The van der Waals surface area contributed by atoms with E-state index in [1.165, 1.54) is 18.3 Å². The zero-order valence-corrected chi connectivity index (χ0v) is 18.3. The van der Waals surface area contributed by atoms with Gasteiger partial charge < -0.3 is 4.42 Å². The molecule has 8 nitrogen and oxygen atoms in total. The predicted octanol–water partition coefficient (Wildman–Crippen LogP) is 5.83. The molecule has 0 aliphatic carbocycles. The van der Waals surface area contributed by atoms with Crippen molar-refractivity contribution in [2.24, 2.45) is 5.10 Å². The number of nitro benzene ring substituents is 1. The van der Waals surface area contributed by atoms with Crippen LogP contribution in [0.1, 0.15) is 16.1 Å². The quantitative estimate of drug-likeness (QED) is 0.194. The number of pyridine rings is 1. The largest absolute Gasteiger partial charge is 0.455 e. The van der Waals surface area contributed by atoms with Gasteiger partial charge in [-0.3, -0.25) is 14.9 Å². The van der Waals surface area contributed by atoms with Gasteiger partial charge in [-0.2, -0.15) is 5.10 Å². The van der Waals surface area contributed by atoms with Gasteiger partial charge in [-0.05, 0) is 36.4 Å². The van der Waals surface area contributed by atoms with Gasteiger partial charge in [0.2, 0.25) is 0 Å². The number of rotatable bonds is 6. The molecule has 8 heteroatoms. The summed E-state index contributed by atoms with van der Waals surface area (Å²) in [5.41, 5.74) is 6.01. The number of carbonyl (C=O) groups is 1. The molecular weight excluding hydrogens is 444 g/mol. The van der Waals surface area contributed by atoms with E-state index in [2.05, 4.69) is 10.5 Å². The molecule has 0 unspecified atom stereocenters. The first kappa shape index (κ1) is 21.7. The summed E-state index contributed by atoms with van der Waals surface area (Å²) in [6.07, 6.45) is 1.40. The summed E-state index contributed by atoms with van der Waals surface area (Å²) in [6, 6.07) is 28.3. The Bertz CT molecular complexity index is 1560. The summed E-state index contributed by atoms with van der Waals surface area (Å²) < 4.78 is 5.72. The molecule has 0 atom stereocenters. The fourth-order valence-corrected chi connectivity index (χ4v) is 3.66. The van der Waals surface area contributed by atoms with Crippen LogP contribution in [-0.4, -0.2) is 22.0 Å². The van der Waals surface area contributed by atoms with Gasteiger partial charge in [0.1, 0.15) is 11.5 Å². The van der Waals surface area contributed by atoms with E-state index in [1.807, 2.05) is 54.6 Å². The van der Waals surface area contributed by atoms with Gasteiger partial charge in [0, 0.05) is 28.6 Å². The number of hydrogen-bond donors (Lipinski definition) is 1. The van der Waals surface area contributed by atoms with Crippen molar-refractivity contribution in [3.63, 3.8) is 0 Å². The predicted molar refractivity (Wildman–Crippen MR) is 133 cm³/mol.